The van der Waals surface area contributed by atoms with Gasteiger partial charge in [0.15, 0.2) is 11.9 Å². The lowest BCUT2D eigenvalue weighted by molar-refractivity contribution is -0.266. The third-order valence-electron chi connectivity index (χ3n) is 9.42. The number of Topliss-reactive ketones (excluding diaryl/α,β-unsaturated/α-hetero) is 1. The molecule has 0 spiro atoms. The summed E-state index contributed by atoms with van der Waals surface area (Å²) in [6, 6.07) is 0. The van der Waals surface area contributed by atoms with Crippen LogP contribution in [-0.4, -0.2) is 71.2 Å². The SMILES string of the molecule is CCC(C)CC1C[C@H](O[C@@H]2[C@@H](C)C[C@@H](C)C(=O)O[C@H](F)[C@@](C)(O)[C@H](O)[C@@H](C)C(=O)[C@H](C)C[C@@]2(C)OC)O[C@H](C)C1. The zero-order chi connectivity index (χ0) is 30.6. The van der Waals surface area contributed by atoms with Crippen LogP contribution in [0.5, 0.6) is 0 Å². The van der Waals surface area contributed by atoms with Crippen LogP contribution in [0.25, 0.3) is 0 Å². The molecule has 0 aromatic heterocycles. The van der Waals surface area contributed by atoms with E-state index in [-0.39, 0.29) is 30.6 Å². The topological polar surface area (TPSA) is 112 Å². The molecule has 2 heterocycles. The number of alkyl halides is 1. The minimum absolute atomic E-state index is 0.0291. The first-order chi connectivity index (χ1) is 18.5. The van der Waals surface area contributed by atoms with Gasteiger partial charge in [0.05, 0.1) is 29.8 Å². The highest BCUT2D eigenvalue weighted by molar-refractivity contribution is 5.83. The number of esters is 1. The number of rotatable bonds is 6. The molecule has 2 fully saturated rings. The van der Waals surface area contributed by atoms with Gasteiger partial charge in [0.2, 0.25) is 0 Å². The van der Waals surface area contributed by atoms with Crippen LogP contribution in [-0.2, 0) is 28.5 Å². The van der Waals surface area contributed by atoms with Crippen LogP contribution >= 0.6 is 0 Å². The summed E-state index contributed by atoms with van der Waals surface area (Å²) in [6.07, 6.45) is -0.839. The third kappa shape index (κ3) is 8.46. The van der Waals surface area contributed by atoms with Crippen LogP contribution in [0.1, 0.15) is 101 Å². The Morgan fingerprint density at radius 2 is 1.70 bits per heavy atom. The summed E-state index contributed by atoms with van der Waals surface area (Å²) < 4.78 is 39.0. The fraction of sp³-hybridized carbons (Fsp3) is 0.935. The van der Waals surface area contributed by atoms with Gasteiger partial charge in [-0.2, -0.15) is 4.39 Å². The molecule has 13 atom stereocenters. The van der Waals surface area contributed by atoms with Crippen molar-refractivity contribution in [2.24, 2.45) is 35.5 Å². The number of cyclic esters (lactones) is 1. The molecule has 2 aliphatic rings. The van der Waals surface area contributed by atoms with E-state index in [2.05, 4.69) is 20.8 Å². The molecule has 2 saturated heterocycles. The van der Waals surface area contributed by atoms with E-state index in [1.54, 1.807) is 21.0 Å². The Labute approximate surface area is 240 Å². The van der Waals surface area contributed by atoms with Gasteiger partial charge < -0.3 is 29.2 Å². The molecule has 9 heteroatoms. The van der Waals surface area contributed by atoms with E-state index in [1.807, 2.05) is 13.8 Å². The van der Waals surface area contributed by atoms with E-state index in [0.717, 1.165) is 32.6 Å². The molecule has 2 unspecified atom stereocenters. The van der Waals surface area contributed by atoms with Gasteiger partial charge in [-0.25, -0.2) is 0 Å². The summed E-state index contributed by atoms with van der Waals surface area (Å²) >= 11 is 0. The minimum Gasteiger partial charge on any atom is -0.428 e. The van der Waals surface area contributed by atoms with Crippen LogP contribution in [0, 0.1) is 35.5 Å². The van der Waals surface area contributed by atoms with Crippen LogP contribution in [0.15, 0.2) is 0 Å². The summed E-state index contributed by atoms with van der Waals surface area (Å²) in [6.45, 7) is 16.2. The van der Waals surface area contributed by atoms with E-state index in [4.69, 9.17) is 18.9 Å². The second-order valence-electron chi connectivity index (χ2n) is 13.4. The van der Waals surface area contributed by atoms with Crippen molar-refractivity contribution in [3.05, 3.63) is 0 Å². The lowest BCUT2D eigenvalue weighted by atomic mass is 9.75. The summed E-state index contributed by atoms with van der Waals surface area (Å²) in [4.78, 5) is 26.3. The molecule has 0 radical (unpaired) electrons. The van der Waals surface area contributed by atoms with Crippen LogP contribution in [0.2, 0.25) is 0 Å². The molecule has 2 N–H and O–H groups in total. The van der Waals surface area contributed by atoms with Gasteiger partial charge in [-0.05, 0) is 64.2 Å². The minimum atomic E-state index is -2.50. The number of hydrogen-bond donors (Lipinski definition) is 2. The molecule has 0 amide bonds. The number of aliphatic hydroxyl groups is 2. The van der Waals surface area contributed by atoms with Gasteiger partial charge in [0.25, 0.3) is 6.36 Å². The van der Waals surface area contributed by atoms with Crippen molar-refractivity contribution in [3.63, 3.8) is 0 Å². The largest absolute Gasteiger partial charge is 0.428 e. The molecule has 2 aliphatic heterocycles. The number of ether oxygens (including phenoxy) is 4. The first kappa shape index (κ1) is 35.1. The predicted octanol–water partition coefficient (Wildman–Crippen LogP) is 5.21. The van der Waals surface area contributed by atoms with Gasteiger partial charge >= 0.3 is 5.97 Å². The Balaban J connectivity index is 2.44. The molecule has 0 saturated carbocycles. The van der Waals surface area contributed by atoms with Crippen LogP contribution in [0.3, 0.4) is 0 Å². The first-order valence-corrected chi connectivity index (χ1v) is 15.1. The number of hydrogen-bond acceptors (Lipinski definition) is 8. The van der Waals surface area contributed by atoms with Crippen molar-refractivity contribution in [1.82, 2.24) is 0 Å². The number of carbonyl (C=O) groups excluding carboxylic acids is 2. The van der Waals surface area contributed by atoms with E-state index < -0.39 is 59.8 Å². The molecule has 0 aromatic rings. The van der Waals surface area contributed by atoms with Gasteiger partial charge in [0.1, 0.15) is 5.78 Å². The van der Waals surface area contributed by atoms with Gasteiger partial charge in [-0.15, -0.1) is 0 Å². The molecule has 8 nitrogen and oxygen atoms in total. The normalized spacial score (nSPS) is 45.4. The maximum absolute atomic E-state index is 15.0. The van der Waals surface area contributed by atoms with Crippen molar-refractivity contribution in [2.75, 3.05) is 7.11 Å². The zero-order valence-electron chi connectivity index (χ0n) is 26.3. The summed E-state index contributed by atoms with van der Waals surface area (Å²) in [7, 11) is 1.58. The average molecular weight is 575 g/mol. The Hall–Kier alpha value is -1.13. The Morgan fingerprint density at radius 1 is 1.07 bits per heavy atom. The second kappa shape index (κ2) is 14.4. The monoisotopic (exact) mass is 574 g/mol. The van der Waals surface area contributed by atoms with Crippen molar-refractivity contribution < 1.29 is 43.1 Å². The highest BCUT2D eigenvalue weighted by Crippen LogP contribution is 2.39. The number of aliphatic hydroxyl groups excluding tert-OH is 1. The molecule has 40 heavy (non-hydrogen) atoms. The Bertz CT molecular complexity index is 836. The fourth-order valence-electron chi connectivity index (χ4n) is 6.65. The van der Waals surface area contributed by atoms with E-state index in [0.29, 0.717) is 11.8 Å². The molecule has 234 valence electrons. The Morgan fingerprint density at radius 3 is 2.27 bits per heavy atom. The van der Waals surface area contributed by atoms with E-state index >= 15 is 4.39 Å². The highest BCUT2D eigenvalue weighted by atomic mass is 19.1. The molecular formula is C31H55FO8. The van der Waals surface area contributed by atoms with Crippen LogP contribution < -0.4 is 0 Å². The van der Waals surface area contributed by atoms with Gasteiger partial charge in [-0.1, -0.05) is 48.0 Å². The maximum atomic E-state index is 15.0. The third-order valence-corrected chi connectivity index (χ3v) is 9.42. The maximum Gasteiger partial charge on any atom is 0.311 e. The smallest absolute Gasteiger partial charge is 0.311 e. The quantitative estimate of drug-likeness (QED) is 0.416. The highest BCUT2D eigenvalue weighted by Gasteiger charge is 2.50. The molecule has 0 bridgehead atoms. The number of ketones is 1. The van der Waals surface area contributed by atoms with Crippen molar-refractivity contribution in [3.8, 4) is 0 Å². The van der Waals surface area contributed by atoms with Crippen molar-refractivity contribution in [1.29, 1.82) is 0 Å². The molecular weight excluding hydrogens is 519 g/mol. The lowest BCUT2D eigenvalue weighted by Gasteiger charge is -2.45. The average Bonchev–Trinajstić information content (AvgIpc) is 2.88. The molecule has 0 aromatic carbocycles. The number of methoxy groups -OCH3 is 1. The van der Waals surface area contributed by atoms with Crippen molar-refractivity contribution >= 4 is 11.8 Å². The van der Waals surface area contributed by atoms with E-state index in [1.165, 1.54) is 6.92 Å². The summed E-state index contributed by atoms with van der Waals surface area (Å²) in [5.74, 6) is -2.85. The fourth-order valence-corrected chi connectivity index (χ4v) is 6.65. The second-order valence-corrected chi connectivity index (χ2v) is 13.4. The predicted molar refractivity (Wildman–Crippen MR) is 150 cm³/mol. The van der Waals surface area contributed by atoms with Crippen molar-refractivity contribution in [2.45, 2.75) is 143 Å². The van der Waals surface area contributed by atoms with E-state index in [9.17, 15) is 19.8 Å². The standard InChI is InChI=1S/C31H55FO8/c1-11-17(2)12-23-14-21(6)38-24(15-23)39-27-18(3)13-19(4)28(35)40-29(32)31(9,36)26(34)22(7)25(33)20(5)16-30(27,8)37-10/h17-24,26-27,29,34,36H,11-16H2,1-10H3/t17?,18-,19+,20+,21+,22-,23?,24-,26+,27+,29-,30+,31-/m0/s1. The first-order valence-electron chi connectivity index (χ1n) is 15.1. The summed E-state index contributed by atoms with van der Waals surface area (Å²) in [5.41, 5.74) is -3.41. The molecule has 0 aliphatic carbocycles. The van der Waals surface area contributed by atoms with Gasteiger partial charge in [-0.3, -0.25) is 9.59 Å². The number of halogens is 1. The summed E-state index contributed by atoms with van der Waals surface area (Å²) in [5, 5.41) is 21.5. The molecule has 2 rings (SSSR count). The number of carbonyl (C=O) groups is 2. The lowest BCUT2D eigenvalue weighted by Crippen LogP contribution is -2.55. The Kier molecular flexibility index (Phi) is 12.6. The zero-order valence-corrected chi connectivity index (χ0v) is 26.3. The van der Waals surface area contributed by atoms with Crippen LogP contribution in [0.4, 0.5) is 4.39 Å². The van der Waals surface area contributed by atoms with Gasteiger partial charge in [0, 0.05) is 25.4 Å².